The number of alkyl halides is 3. The van der Waals surface area contributed by atoms with Crippen molar-refractivity contribution in [1.29, 1.82) is 0 Å². The second-order valence-electron chi connectivity index (χ2n) is 6.20. The first-order chi connectivity index (χ1) is 9.81. The van der Waals surface area contributed by atoms with Gasteiger partial charge in [-0.3, -0.25) is 4.79 Å². The zero-order valence-corrected chi connectivity index (χ0v) is 12.1. The highest BCUT2D eigenvalue weighted by Crippen LogP contribution is 2.39. The molecule has 21 heavy (non-hydrogen) atoms. The van der Waals surface area contributed by atoms with E-state index in [1.54, 1.807) is 0 Å². The van der Waals surface area contributed by atoms with Gasteiger partial charge < -0.3 is 15.3 Å². The molecule has 2 aliphatic rings. The molecule has 2 atom stereocenters. The van der Waals surface area contributed by atoms with Crippen LogP contribution in [0.2, 0.25) is 0 Å². The van der Waals surface area contributed by atoms with Crippen molar-refractivity contribution in [3.05, 3.63) is 0 Å². The van der Waals surface area contributed by atoms with E-state index in [2.05, 4.69) is 4.90 Å². The number of hydrogen-bond acceptors (Lipinski definition) is 3. The smallest absolute Gasteiger partial charge is 0.390 e. The largest absolute Gasteiger partial charge is 0.471 e. The fourth-order valence-corrected chi connectivity index (χ4v) is 3.45. The molecule has 1 saturated heterocycles. The molecule has 1 aliphatic heterocycles. The maximum atomic E-state index is 12.0. The van der Waals surface area contributed by atoms with Crippen LogP contribution in [-0.2, 0) is 4.79 Å². The van der Waals surface area contributed by atoms with Crippen LogP contribution in [0.4, 0.5) is 13.2 Å². The molecule has 2 fully saturated rings. The van der Waals surface area contributed by atoms with Crippen LogP contribution < -0.4 is 5.32 Å². The highest BCUT2D eigenvalue weighted by atomic mass is 19.4. The number of rotatable bonds is 4. The van der Waals surface area contributed by atoms with E-state index in [4.69, 9.17) is 0 Å². The van der Waals surface area contributed by atoms with E-state index in [-0.39, 0.29) is 12.5 Å². The molecule has 2 rings (SSSR count). The van der Waals surface area contributed by atoms with Gasteiger partial charge in [-0.25, -0.2) is 0 Å². The number of hydrogen-bond donors (Lipinski definition) is 2. The molecule has 1 amide bonds. The lowest BCUT2D eigenvalue weighted by Crippen LogP contribution is -2.53. The summed E-state index contributed by atoms with van der Waals surface area (Å²) < 4.78 is 36.0. The molecule has 0 aromatic rings. The summed E-state index contributed by atoms with van der Waals surface area (Å²) in [5.41, 5.74) is -0.529. The maximum absolute atomic E-state index is 12.0. The highest BCUT2D eigenvalue weighted by molar-refractivity contribution is 5.81. The Hall–Kier alpha value is -0.820. The van der Waals surface area contributed by atoms with E-state index in [0.717, 1.165) is 45.2 Å². The van der Waals surface area contributed by atoms with E-state index < -0.39 is 17.7 Å². The van der Waals surface area contributed by atoms with Crippen molar-refractivity contribution >= 4 is 5.91 Å². The summed E-state index contributed by atoms with van der Waals surface area (Å²) in [5, 5.41) is 12.4. The van der Waals surface area contributed by atoms with Crippen molar-refractivity contribution in [2.75, 3.05) is 26.2 Å². The summed E-state index contributed by atoms with van der Waals surface area (Å²) in [5.74, 6) is -1.59. The van der Waals surface area contributed by atoms with E-state index in [0.29, 0.717) is 13.0 Å². The molecule has 1 aliphatic carbocycles. The van der Waals surface area contributed by atoms with Gasteiger partial charge in [-0.05, 0) is 32.2 Å². The lowest BCUT2D eigenvalue weighted by atomic mass is 9.71. The first-order valence-electron chi connectivity index (χ1n) is 7.61. The number of amides is 1. The number of piperidine rings is 1. The summed E-state index contributed by atoms with van der Waals surface area (Å²) in [6.45, 7) is 2.28. The molecule has 0 spiro atoms. The third-order valence-corrected chi connectivity index (χ3v) is 4.71. The van der Waals surface area contributed by atoms with Gasteiger partial charge in [0.15, 0.2) is 0 Å². The van der Waals surface area contributed by atoms with Crippen LogP contribution >= 0.6 is 0 Å². The minimum absolute atomic E-state index is 0.0315. The molecule has 1 heterocycles. The van der Waals surface area contributed by atoms with Gasteiger partial charge in [0.05, 0.1) is 5.60 Å². The molecular formula is C14H23F3N2O2. The SMILES string of the molecule is O=C(NCCCN1CCC2(O)CCCCC2C1)C(F)(F)F. The van der Waals surface area contributed by atoms with E-state index >= 15 is 0 Å². The van der Waals surface area contributed by atoms with Gasteiger partial charge in [-0.2, -0.15) is 13.2 Å². The van der Waals surface area contributed by atoms with Gasteiger partial charge in [0.25, 0.3) is 0 Å². The fraction of sp³-hybridized carbons (Fsp3) is 0.929. The van der Waals surface area contributed by atoms with Crippen molar-refractivity contribution in [2.45, 2.75) is 50.3 Å². The summed E-state index contributed by atoms with van der Waals surface area (Å²) in [7, 11) is 0. The quantitative estimate of drug-likeness (QED) is 0.777. The van der Waals surface area contributed by atoms with Crippen LogP contribution in [0.5, 0.6) is 0 Å². The Morgan fingerprint density at radius 2 is 2.10 bits per heavy atom. The molecule has 0 aromatic carbocycles. The molecule has 0 radical (unpaired) electrons. The number of likely N-dealkylation sites (tertiary alicyclic amines) is 1. The maximum Gasteiger partial charge on any atom is 0.471 e. The molecule has 2 N–H and O–H groups in total. The summed E-state index contributed by atoms with van der Waals surface area (Å²) in [4.78, 5) is 12.8. The predicted octanol–water partition coefficient (Wildman–Crippen LogP) is 1.68. The third-order valence-electron chi connectivity index (χ3n) is 4.71. The minimum Gasteiger partial charge on any atom is -0.390 e. The fourth-order valence-electron chi connectivity index (χ4n) is 3.45. The molecular weight excluding hydrogens is 285 g/mol. The van der Waals surface area contributed by atoms with E-state index in [1.807, 2.05) is 5.32 Å². The number of halogens is 3. The number of nitrogens with one attached hydrogen (secondary N) is 1. The van der Waals surface area contributed by atoms with Gasteiger partial charge in [-0.1, -0.05) is 12.8 Å². The average molecular weight is 308 g/mol. The monoisotopic (exact) mass is 308 g/mol. The highest BCUT2D eigenvalue weighted by Gasteiger charge is 2.42. The van der Waals surface area contributed by atoms with Crippen LogP contribution in [0.15, 0.2) is 0 Å². The molecule has 1 saturated carbocycles. The van der Waals surface area contributed by atoms with Gasteiger partial charge in [-0.15, -0.1) is 0 Å². The zero-order valence-electron chi connectivity index (χ0n) is 12.1. The predicted molar refractivity (Wildman–Crippen MR) is 71.6 cm³/mol. The number of carbonyl (C=O) groups excluding carboxylic acids is 1. The first-order valence-corrected chi connectivity index (χ1v) is 7.61. The average Bonchev–Trinajstić information content (AvgIpc) is 2.42. The Morgan fingerprint density at radius 3 is 2.81 bits per heavy atom. The number of carbonyl (C=O) groups is 1. The lowest BCUT2D eigenvalue weighted by Gasteiger charge is -2.47. The Labute approximate surface area is 122 Å². The summed E-state index contributed by atoms with van der Waals surface area (Å²) >= 11 is 0. The summed E-state index contributed by atoms with van der Waals surface area (Å²) in [6.07, 6.45) is 0.549. The second-order valence-corrected chi connectivity index (χ2v) is 6.20. The summed E-state index contributed by atoms with van der Waals surface area (Å²) in [6, 6.07) is 0. The number of fused-ring (bicyclic) bond motifs is 1. The molecule has 122 valence electrons. The topological polar surface area (TPSA) is 52.6 Å². The molecule has 0 bridgehead atoms. The number of aliphatic hydroxyl groups is 1. The Kier molecular flexibility index (Phi) is 5.14. The Balaban J connectivity index is 1.67. The Bertz CT molecular complexity index is 376. The number of nitrogens with zero attached hydrogens (tertiary/aromatic N) is 1. The van der Waals surface area contributed by atoms with Crippen LogP contribution in [0.25, 0.3) is 0 Å². The minimum atomic E-state index is -4.80. The zero-order chi connectivity index (χ0) is 15.5. The van der Waals surface area contributed by atoms with Gasteiger partial charge in [0.2, 0.25) is 0 Å². The van der Waals surface area contributed by atoms with Crippen molar-refractivity contribution in [2.24, 2.45) is 5.92 Å². The molecule has 2 unspecified atom stereocenters. The van der Waals surface area contributed by atoms with Crippen LogP contribution in [0.1, 0.15) is 38.5 Å². The lowest BCUT2D eigenvalue weighted by molar-refractivity contribution is -0.173. The van der Waals surface area contributed by atoms with Crippen LogP contribution in [0.3, 0.4) is 0 Å². The molecule has 0 aromatic heterocycles. The first kappa shape index (κ1) is 16.5. The third kappa shape index (κ3) is 4.32. The Morgan fingerprint density at radius 1 is 1.33 bits per heavy atom. The van der Waals surface area contributed by atoms with Crippen LogP contribution in [-0.4, -0.2) is 53.9 Å². The standard InChI is InChI=1S/C14H23F3N2O2/c15-14(16,17)12(20)18-7-3-8-19-9-6-13(21)5-2-1-4-11(13)10-19/h11,21H,1-10H2,(H,18,20). The molecule has 7 heteroatoms. The second kappa shape index (κ2) is 6.52. The van der Waals surface area contributed by atoms with Gasteiger partial charge in [0, 0.05) is 25.6 Å². The van der Waals surface area contributed by atoms with Crippen molar-refractivity contribution in [1.82, 2.24) is 10.2 Å². The van der Waals surface area contributed by atoms with E-state index in [1.165, 1.54) is 0 Å². The van der Waals surface area contributed by atoms with Crippen molar-refractivity contribution in [3.63, 3.8) is 0 Å². The van der Waals surface area contributed by atoms with Crippen molar-refractivity contribution < 1.29 is 23.1 Å². The molecule has 4 nitrogen and oxygen atoms in total. The van der Waals surface area contributed by atoms with Crippen LogP contribution in [0, 0.1) is 5.92 Å². The van der Waals surface area contributed by atoms with Gasteiger partial charge >= 0.3 is 12.1 Å². The normalized spacial score (nSPS) is 30.8. The van der Waals surface area contributed by atoms with Gasteiger partial charge in [0.1, 0.15) is 0 Å². The van der Waals surface area contributed by atoms with E-state index in [9.17, 15) is 23.1 Å². The van der Waals surface area contributed by atoms with Crippen molar-refractivity contribution in [3.8, 4) is 0 Å².